The summed E-state index contributed by atoms with van der Waals surface area (Å²) in [5.41, 5.74) is 1.15. The van der Waals surface area contributed by atoms with Crippen LogP contribution in [0.3, 0.4) is 0 Å². The number of hydrogen-bond acceptors (Lipinski definition) is 2. The molecule has 1 heterocycles. The van der Waals surface area contributed by atoms with Gasteiger partial charge in [0.05, 0.1) is 6.04 Å². The van der Waals surface area contributed by atoms with Crippen molar-refractivity contribution in [2.75, 3.05) is 0 Å². The van der Waals surface area contributed by atoms with E-state index < -0.39 is 0 Å². The van der Waals surface area contributed by atoms with Gasteiger partial charge in [0.1, 0.15) is 5.84 Å². The van der Waals surface area contributed by atoms with Gasteiger partial charge in [-0.3, -0.25) is 10.3 Å². The molecule has 4 nitrogen and oxygen atoms in total. The second-order valence-corrected chi connectivity index (χ2v) is 7.14. The minimum Gasteiger partial charge on any atom is -0.332 e. The molecule has 0 spiro atoms. The van der Waals surface area contributed by atoms with Gasteiger partial charge in [-0.15, -0.1) is 0 Å². The van der Waals surface area contributed by atoms with E-state index in [1.807, 2.05) is 18.2 Å². The van der Waals surface area contributed by atoms with E-state index in [4.69, 9.17) is 5.41 Å². The molecule has 1 aliphatic heterocycles. The first kappa shape index (κ1) is 13.8. The molecule has 0 radical (unpaired) electrons. The van der Waals surface area contributed by atoms with E-state index in [-0.39, 0.29) is 17.6 Å². The first-order valence-corrected chi connectivity index (χ1v) is 8.41. The number of likely N-dealkylation sites (tertiary alicyclic amines) is 1. The summed E-state index contributed by atoms with van der Waals surface area (Å²) in [6.07, 6.45) is 7.39. The highest BCUT2D eigenvalue weighted by Gasteiger charge is 2.47. The van der Waals surface area contributed by atoms with Gasteiger partial charge in [0.2, 0.25) is 0 Å². The number of benzene rings is 1. The molecule has 2 aliphatic carbocycles. The van der Waals surface area contributed by atoms with E-state index in [9.17, 15) is 4.79 Å². The number of fused-ring (bicyclic) bond motifs is 2. The molecule has 4 rings (SSSR count). The Kier molecular flexibility index (Phi) is 3.21. The van der Waals surface area contributed by atoms with Crippen molar-refractivity contribution in [3.63, 3.8) is 0 Å². The van der Waals surface area contributed by atoms with E-state index in [2.05, 4.69) is 17.4 Å². The van der Waals surface area contributed by atoms with Crippen LogP contribution in [-0.4, -0.2) is 22.3 Å². The zero-order valence-electron chi connectivity index (χ0n) is 12.8. The Hall–Kier alpha value is -1.84. The largest absolute Gasteiger partial charge is 0.332 e. The van der Waals surface area contributed by atoms with Crippen molar-refractivity contribution in [3.8, 4) is 0 Å². The molecular weight excluding hydrogens is 274 g/mol. The van der Waals surface area contributed by atoms with Crippen LogP contribution in [0.5, 0.6) is 0 Å². The SMILES string of the molecule is N=C1CCC(c2ccccc2)N1C(=O)NC12CCC(CC1)C2. The highest BCUT2D eigenvalue weighted by Crippen LogP contribution is 2.48. The second kappa shape index (κ2) is 5.11. The minimum atomic E-state index is -0.0566. The molecule has 1 saturated heterocycles. The van der Waals surface area contributed by atoms with Crippen LogP contribution in [-0.2, 0) is 0 Å². The lowest BCUT2D eigenvalue weighted by Gasteiger charge is -2.33. The Bertz CT molecular complexity index is 590. The number of nitrogens with zero attached hydrogens (tertiary/aromatic N) is 1. The fraction of sp³-hybridized carbons (Fsp3) is 0.556. The Morgan fingerprint density at radius 3 is 2.55 bits per heavy atom. The lowest BCUT2D eigenvalue weighted by atomic mass is 9.94. The summed E-state index contributed by atoms with van der Waals surface area (Å²) in [6, 6.07) is 10.1. The monoisotopic (exact) mass is 297 g/mol. The molecule has 1 aromatic rings. The Balaban J connectivity index is 1.54. The van der Waals surface area contributed by atoms with Crippen LogP contribution < -0.4 is 5.32 Å². The third-order valence-corrected chi connectivity index (χ3v) is 5.77. The summed E-state index contributed by atoms with van der Waals surface area (Å²) < 4.78 is 0. The molecule has 2 amide bonds. The summed E-state index contributed by atoms with van der Waals surface area (Å²) in [5.74, 6) is 1.26. The first-order valence-electron chi connectivity index (χ1n) is 8.41. The molecule has 1 unspecified atom stereocenters. The maximum Gasteiger partial charge on any atom is 0.323 e. The number of hydrogen-bond donors (Lipinski definition) is 2. The normalized spacial score (nSPS) is 33.5. The van der Waals surface area contributed by atoms with Crippen LogP contribution in [0.25, 0.3) is 0 Å². The standard InChI is InChI=1S/C18H23N3O/c19-16-7-6-15(14-4-2-1-3-5-14)21(16)17(22)20-18-10-8-13(12-18)9-11-18/h1-5,13,15,19H,6-12H2,(H,20,22). The third kappa shape index (κ3) is 2.21. The van der Waals surface area contributed by atoms with E-state index >= 15 is 0 Å². The molecule has 0 aromatic heterocycles. The van der Waals surface area contributed by atoms with Crippen molar-refractivity contribution in [1.29, 1.82) is 5.41 Å². The van der Waals surface area contributed by atoms with Crippen molar-refractivity contribution >= 4 is 11.9 Å². The number of rotatable bonds is 2. The van der Waals surface area contributed by atoms with E-state index in [1.54, 1.807) is 4.90 Å². The van der Waals surface area contributed by atoms with Crippen molar-refractivity contribution in [3.05, 3.63) is 35.9 Å². The minimum absolute atomic E-state index is 0.0173. The molecular formula is C18H23N3O. The van der Waals surface area contributed by atoms with Gasteiger partial charge in [0.25, 0.3) is 0 Å². The second-order valence-electron chi connectivity index (χ2n) is 7.14. The topological polar surface area (TPSA) is 56.2 Å². The summed E-state index contributed by atoms with van der Waals surface area (Å²) in [6.45, 7) is 0. The molecule has 22 heavy (non-hydrogen) atoms. The smallest absolute Gasteiger partial charge is 0.323 e. The van der Waals surface area contributed by atoms with Crippen molar-refractivity contribution in [1.82, 2.24) is 10.2 Å². The Morgan fingerprint density at radius 1 is 1.18 bits per heavy atom. The average molecular weight is 297 g/mol. The number of amides is 2. The van der Waals surface area contributed by atoms with E-state index in [1.165, 1.54) is 12.8 Å². The third-order valence-electron chi connectivity index (χ3n) is 5.77. The van der Waals surface area contributed by atoms with Gasteiger partial charge in [-0.05, 0) is 50.0 Å². The average Bonchev–Trinajstić information content (AvgIpc) is 3.21. The van der Waals surface area contributed by atoms with Gasteiger partial charge < -0.3 is 5.32 Å². The van der Waals surface area contributed by atoms with E-state index in [0.29, 0.717) is 12.3 Å². The summed E-state index contributed by atoms with van der Waals surface area (Å²) >= 11 is 0. The number of urea groups is 1. The molecule has 2 bridgehead atoms. The molecule has 1 atom stereocenters. The zero-order valence-corrected chi connectivity index (χ0v) is 12.8. The van der Waals surface area contributed by atoms with Crippen molar-refractivity contribution in [2.24, 2.45) is 5.92 Å². The van der Waals surface area contributed by atoms with Gasteiger partial charge in [-0.25, -0.2) is 4.79 Å². The molecule has 3 aliphatic rings. The highest BCUT2D eigenvalue weighted by molar-refractivity contribution is 5.98. The van der Waals surface area contributed by atoms with Gasteiger partial charge >= 0.3 is 6.03 Å². The molecule has 2 N–H and O–H groups in total. The summed E-state index contributed by atoms with van der Waals surface area (Å²) in [4.78, 5) is 14.5. The molecule has 116 valence electrons. The number of amidine groups is 1. The molecule has 1 aromatic carbocycles. The fourth-order valence-electron chi connectivity index (χ4n) is 4.62. The van der Waals surface area contributed by atoms with Crippen LogP contribution >= 0.6 is 0 Å². The summed E-state index contributed by atoms with van der Waals surface area (Å²) in [7, 11) is 0. The Labute approximate surface area is 131 Å². The quantitative estimate of drug-likeness (QED) is 0.856. The summed E-state index contributed by atoms with van der Waals surface area (Å²) in [5, 5.41) is 11.5. The van der Waals surface area contributed by atoms with Gasteiger partial charge in [-0.2, -0.15) is 0 Å². The number of carbonyl (C=O) groups is 1. The zero-order chi connectivity index (χ0) is 15.2. The highest BCUT2D eigenvalue weighted by atomic mass is 16.2. The maximum atomic E-state index is 12.9. The van der Waals surface area contributed by atoms with Crippen molar-refractivity contribution in [2.45, 2.75) is 56.5 Å². The lowest BCUT2D eigenvalue weighted by molar-refractivity contribution is 0.196. The predicted octanol–water partition coefficient (Wildman–Crippen LogP) is 3.84. The predicted molar refractivity (Wildman–Crippen MR) is 85.8 cm³/mol. The van der Waals surface area contributed by atoms with Crippen LogP contribution in [0.4, 0.5) is 4.79 Å². The molecule has 2 saturated carbocycles. The van der Waals surface area contributed by atoms with Gasteiger partial charge in [-0.1, -0.05) is 30.3 Å². The van der Waals surface area contributed by atoms with E-state index in [0.717, 1.165) is 37.2 Å². The number of nitrogens with one attached hydrogen (secondary N) is 2. The van der Waals surface area contributed by atoms with Gasteiger partial charge in [0, 0.05) is 12.0 Å². The number of carbonyl (C=O) groups excluding carboxylic acids is 1. The molecule has 3 fully saturated rings. The van der Waals surface area contributed by atoms with Gasteiger partial charge in [0.15, 0.2) is 0 Å². The first-order chi connectivity index (χ1) is 10.7. The Morgan fingerprint density at radius 2 is 1.91 bits per heavy atom. The van der Waals surface area contributed by atoms with Crippen LogP contribution in [0.15, 0.2) is 30.3 Å². The lowest BCUT2D eigenvalue weighted by Crippen LogP contribution is -2.51. The maximum absolute atomic E-state index is 12.9. The van der Waals surface area contributed by atoms with Crippen LogP contribution in [0, 0.1) is 11.3 Å². The van der Waals surface area contributed by atoms with Crippen LogP contribution in [0.1, 0.15) is 56.6 Å². The van der Waals surface area contributed by atoms with Crippen molar-refractivity contribution < 1.29 is 4.79 Å². The van der Waals surface area contributed by atoms with Crippen LogP contribution in [0.2, 0.25) is 0 Å². The fourth-order valence-corrected chi connectivity index (χ4v) is 4.62. The molecule has 4 heteroatoms.